The Morgan fingerprint density at radius 3 is 2.42 bits per heavy atom. The summed E-state index contributed by atoms with van der Waals surface area (Å²) in [6.45, 7) is 0. The van der Waals surface area contributed by atoms with E-state index in [0.29, 0.717) is 16.5 Å². The number of halogens is 2. The minimum atomic E-state index is -1.16. The predicted molar refractivity (Wildman–Crippen MR) is 116 cm³/mol. The van der Waals surface area contributed by atoms with Crippen molar-refractivity contribution in [3.05, 3.63) is 100 Å². The number of ketones is 1. The van der Waals surface area contributed by atoms with E-state index < -0.39 is 29.3 Å². The lowest BCUT2D eigenvalue weighted by Gasteiger charge is -2.25. The van der Waals surface area contributed by atoms with E-state index >= 15 is 0 Å². The minimum absolute atomic E-state index is 0.0843. The number of carbonyl (C=O) groups excluding carboxylic acids is 2. The highest BCUT2D eigenvalue weighted by atomic mass is 35.5. The van der Waals surface area contributed by atoms with Crippen LogP contribution < -0.4 is 9.64 Å². The lowest BCUT2D eigenvalue weighted by molar-refractivity contribution is -0.132. The quantitative estimate of drug-likeness (QED) is 0.350. The zero-order valence-corrected chi connectivity index (χ0v) is 17.1. The molecule has 4 rings (SSSR count). The van der Waals surface area contributed by atoms with Crippen LogP contribution in [0.4, 0.5) is 10.1 Å². The Balaban J connectivity index is 1.96. The average Bonchev–Trinajstić information content (AvgIpc) is 3.04. The molecule has 1 N–H and O–H groups in total. The molecule has 5 nitrogen and oxygen atoms in total. The van der Waals surface area contributed by atoms with Crippen molar-refractivity contribution >= 4 is 34.7 Å². The van der Waals surface area contributed by atoms with Crippen LogP contribution in [-0.4, -0.2) is 23.9 Å². The molecule has 1 saturated heterocycles. The van der Waals surface area contributed by atoms with Gasteiger partial charge in [-0.15, -0.1) is 0 Å². The van der Waals surface area contributed by atoms with Gasteiger partial charge in [-0.05, 0) is 42.5 Å². The molecule has 1 atom stereocenters. The summed E-state index contributed by atoms with van der Waals surface area (Å²) in [4.78, 5) is 27.2. The predicted octanol–water partition coefficient (Wildman–Crippen LogP) is 5.11. The number of carbonyl (C=O) groups is 2. The molecule has 3 aromatic carbocycles. The Kier molecular flexibility index (Phi) is 5.48. The third kappa shape index (κ3) is 3.66. The molecule has 0 radical (unpaired) electrons. The second-order valence-corrected chi connectivity index (χ2v) is 7.34. The fourth-order valence-electron chi connectivity index (χ4n) is 3.62. The first kappa shape index (κ1) is 20.6. The number of Topliss-reactive ketones (excluding diaryl/α,β-unsaturated/α-hetero) is 1. The molecule has 7 heteroatoms. The Bertz CT molecular complexity index is 1210. The summed E-state index contributed by atoms with van der Waals surface area (Å²) in [5.74, 6) is -2.35. The van der Waals surface area contributed by atoms with E-state index in [0.717, 1.165) is 0 Å². The SMILES string of the molecule is COc1cccc(/C(O)=C2/C(=O)C(=O)N(c3ccc(Cl)cc3)C2c2ccccc2F)c1. The van der Waals surface area contributed by atoms with E-state index in [4.69, 9.17) is 16.3 Å². The Morgan fingerprint density at radius 2 is 1.74 bits per heavy atom. The van der Waals surface area contributed by atoms with Crippen LogP contribution in [0.15, 0.2) is 78.4 Å². The zero-order valence-electron chi connectivity index (χ0n) is 16.4. The van der Waals surface area contributed by atoms with Crippen molar-refractivity contribution in [2.75, 3.05) is 12.0 Å². The number of nitrogens with zero attached hydrogens (tertiary/aromatic N) is 1. The second-order valence-electron chi connectivity index (χ2n) is 6.90. The van der Waals surface area contributed by atoms with Crippen molar-refractivity contribution in [3.63, 3.8) is 0 Å². The summed E-state index contributed by atoms with van der Waals surface area (Å²) in [5.41, 5.74) is 0.499. The molecule has 1 aliphatic rings. The maximum Gasteiger partial charge on any atom is 0.300 e. The first-order valence-corrected chi connectivity index (χ1v) is 9.75. The molecule has 0 aromatic heterocycles. The van der Waals surface area contributed by atoms with E-state index in [1.165, 1.54) is 36.3 Å². The number of hydrogen-bond donors (Lipinski definition) is 1. The molecule has 0 spiro atoms. The molecule has 1 unspecified atom stereocenters. The highest BCUT2D eigenvalue weighted by Crippen LogP contribution is 2.43. The first-order valence-electron chi connectivity index (χ1n) is 9.38. The normalized spacial score (nSPS) is 17.8. The molecular weight excluding hydrogens is 421 g/mol. The molecule has 0 aliphatic carbocycles. The number of anilines is 1. The van der Waals surface area contributed by atoms with Crippen molar-refractivity contribution in [2.45, 2.75) is 6.04 Å². The van der Waals surface area contributed by atoms with Gasteiger partial charge >= 0.3 is 0 Å². The van der Waals surface area contributed by atoms with E-state index in [1.54, 1.807) is 48.5 Å². The number of rotatable bonds is 4. The smallest absolute Gasteiger partial charge is 0.300 e. The van der Waals surface area contributed by atoms with Gasteiger partial charge in [-0.3, -0.25) is 14.5 Å². The fraction of sp³-hybridized carbons (Fsp3) is 0.0833. The molecule has 156 valence electrons. The average molecular weight is 438 g/mol. The maximum atomic E-state index is 14.8. The number of methoxy groups -OCH3 is 1. The fourth-order valence-corrected chi connectivity index (χ4v) is 3.74. The monoisotopic (exact) mass is 437 g/mol. The van der Waals surface area contributed by atoms with E-state index in [9.17, 15) is 19.1 Å². The van der Waals surface area contributed by atoms with Crippen LogP contribution in [0.25, 0.3) is 5.76 Å². The van der Waals surface area contributed by atoms with Gasteiger partial charge in [-0.1, -0.05) is 41.9 Å². The maximum absolute atomic E-state index is 14.8. The number of benzene rings is 3. The second kappa shape index (κ2) is 8.24. The lowest BCUT2D eigenvalue weighted by Crippen LogP contribution is -2.29. The third-order valence-corrected chi connectivity index (χ3v) is 5.34. The Hall–Kier alpha value is -3.64. The van der Waals surface area contributed by atoms with Gasteiger partial charge in [-0.2, -0.15) is 0 Å². The molecule has 1 amide bonds. The van der Waals surface area contributed by atoms with Crippen LogP contribution in [0.1, 0.15) is 17.2 Å². The van der Waals surface area contributed by atoms with Crippen LogP contribution >= 0.6 is 11.6 Å². The van der Waals surface area contributed by atoms with Gasteiger partial charge < -0.3 is 9.84 Å². The van der Waals surface area contributed by atoms with Crippen LogP contribution in [0.3, 0.4) is 0 Å². The number of aliphatic hydroxyl groups excluding tert-OH is 1. The molecule has 1 aliphatic heterocycles. The van der Waals surface area contributed by atoms with Crippen molar-refractivity contribution in [3.8, 4) is 5.75 Å². The summed E-state index contributed by atoms with van der Waals surface area (Å²) < 4.78 is 20.0. The van der Waals surface area contributed by atoms with Gasteiger partial charge in [0.2, 0.25) is 0 Å². The van der Waals surface area contributed by atoms with Gasteiger partial charge in [0.05, 0.1) is 18.7 Å². The molecule has 0 saturated carbocycles. The zero-order chi connectivity index (χ0) is 22.1. The van der Waals surface area contributed by atoms with Crippen molar-refractivity contribution < 1.29 is 23.8 Å². The standard InChI is InChI=1S/C24H17ClFNO4/c1-31-17-6-4-5-14(13-17)22(28)20-21(18-7-2-3-8-19(18)26)27(24(30)23(20)29)16-11-9-15(25)10-12-16/h2-13,21,28H,1H3/b22-20-. The molecule has 0 bridgehead atoms. The van der Waals surface area contributed by atoms with Crippen LogP contribution in [-0.2, 0) is 9.59 Å². The van der Waals surface area contributed by atoms with Gasteiger partial charge in [0.25, 0.3) is 11.7 Å². The highest BCUT2D eigenvalue weighted by Gasteiger charge is 2.47. The summed E-state index contributed by atoms with van der Waals surface area (Å²) in [6.07, 6.45) is 0. The molecule has 3 aromatic rings. The Morgan fingerprint density at radius 1 is 1.03 bits per heavy atom. The Labute approximate surface area is 182 Å². The summed E-state index contributed by atoms with van der Waals surface area (Å²) in [7, 11) is 1.47. The van der Waals surface area contributed by atoms with Gasteiger partial charge in [0.1, 0.15) is 17.3 Å². The molecular formula is C24H17ClFNO4. The molecule has 31 heavy (non-hydrogen) atoms. The number of amides is 1. The molecule has 1 heterocycles. The van der Waals surface area contributed by atoms with E-state index in [1.807, 2.05) is 0 Å². The van der Waals surface area contributed by atoms with E-state index in [-0.39, 0.29) is 16.7 Å². The first-order chi connectivity index (χ1) is 14.9. The minimum Gasteiger partial charge on any atom is -0.507 e. The summed E-state index contributed by atoms with van der Waals surface area (Å²) in [6, 6.07) is 17.4. The van der Waals surface area contributed by atoms with Gasteiger partial charge in [0, 0.05) is 21.8 Å². The van der Waals surface area contributed by atoms with Crippen LogP contribution in [0, 0.1) is 5.82 Å². The van der Waals surface area contributed by atoms with Gasteiger partial charge in [-0.25, -0.2) is 4.39 Å². The van der Waals surface area contributed by atoms with Crippen LogP contribution in [0.5, 0.6) is 5.75 Å². The van der Waals surface area contributed by atoms with Crippen molar-refractivity contribution in [1.82, 2.24) is 0 Å². The number of ether oxygens (including phenoxy) is 1. The lowest BCUT2D eigenvalue weighted by atomic mass is 9.94. The van der Waals surface area contributed by atoms with Crippen molar-refractivity contribution in [1.29, 1.82) is 0 Å². The number of aliphatic hydroxyl groups is 1. The van der Waals surface area contributed by atoms with E-state index in [2.05, 4.69) is 0 Å². The summed E-state index contributed by atoms with van der Waals surface area (Å²) >= 11 is 5.96. The topological polar surface area (TPSA) is 66.8 Å². The highest BCUT2D eigenvalue weighted by molar-refractivity contribution is 6.51. The van der Waals surface area contributed by atoms with Crippen LogP contribution in [0.2, 0.25) is 5.02 Å². The summed E-state index contributed by atoms with van der Waals surface area (Å²) in [5, 5.41) is 11.5. The molecule has 1 fully saturated rings. The third-order valence-electron chi connectivity index (χ3n) is 5.09. The number of hydrogen-bond acceptors (Lipinski definition) is 4. The van der Waals surface area contributed by atoms with Crippen molar-refractivity contribution in [2.24, 2.45) is 0 Å². The van der Waals surface area contributed by atoms with Gasteiger partial charge in [0.15, 0.2) is 0 Å². The largest absolute Gasteiger partial charge is 0.507 e.